The Morgan fingerprint density at radius 2 is 1.26 bits per heavy atom. The van der Waals surface area contributed by atoms with Gasteiger partial charge in [0.1, 0.15) is 12.3 Å². The summed E-state index contributed by atoms with van der Waals surface area (Å²) in [6.07, 6.45) is 7.95. The fraction of sp³-hybridized carbons (Fsp3) is 0.0417. The second-order valence-corrected chi connectivity index (χ2v) is 6.72. The average Bonchev–Trinajstić information content (AvgIpc) is 2.72. The summed E-state index contributed by atoms with van der Waals surface area (Å²) in [5.41, 5.74) is 4.03. The first-order valence-corrected chi connectivity index (χ1v) is 9.50. The predicted octanol–water partition coefficient (Wildman–Crippen LogP) is 6.75. The molecule has 0 aliphatic carbocycles. The Balaban J connectivity index is 1.75. The zero-order valence-corrected chi connectivity index (χ0v) is 16.4. The molecule has 0 atom stereocenters. The van der Waals surface area contributed by atoms with Gasteiger partial charge in [-0.25, -0.2) is 0 Å². The van der Waals surface area contributed by atoms with E-state index in [0.29, 0.717) is 6.61 Å². The van der Waals surface area contributed by atoms with Gasteiger partial charge in [-0.2, -0.15) is 0 Å². The van der Waals surface area contributed by atoms with Crippen molar-refractivity contribution in [1.29, 1.82) is 0 Å². The molecule has 0 amide bonds. The molecule has 27 heavy (non-hydrogen) atoms. The number of nitrogens with zero attached hydrogens (tertiary/aromatic N) is 1. The number of halogens is 1. The number of hydrogen-bond donors (Lipinski definition) is 0. The normalized spacial score (nSPS) is 11.0. The van der Waals surface area contributed by atoms with Crippen molar-refractivity contribution in [2.75, 3.05) is 0 Å². The van der Waals surface area contributed by atoms with E-state index in [4.69, 9.17) is 4.84 Å². The Morgan fingerprint density at radius 3 is 1.81 bits per heavy atom. The minimum absolute atomic E-state index is 0.406. The predicted molar refractivity (Wildman–Crippen MR) is 117 cm³/mol. The molecule has 0 radical (unpaired) electrons. The summed E-state index contributed by atoms with van der Waals surface area (Å²) >= 11 is 3.53. The van der Waals surface area contributed by atoms with Crippen LogP contribution in [0.3, 0.4) is 0 Å². The summed E-state index contributed by atoms with van der Waals surface area (Å²) in [5, 5.41) is 4.31. The lowest BCUT2D eigenvalue weighted by molar-refractivity contribution is 0.130. The van der Waals surface area contributed by atoms with Gasteiger partial charge in [0.05, 0.1) is 0 Å². The molecule has 0 spiro atoms. The van der Waals surface area contributed by atoms with Crippen molar-refractivity contribution in [3.8, 4) is 0 Å². The molecule has 0 unspecified atom stereocenters. The third-order valence-electron chi connectivity index (χ3n) is 3.84. The van der Waals surface area contributed by atoms with E-state index in [1.54, 1.807) is 0 Å². The summed E-state index contributed by atoms with van der Waals surface area (Å²) in [7, 11) is 0. The standard InChI is InChI=1S/C24H20BrNO/c25-24-14-8-7-13-22(24)19-27-26-23(17-15-20-9-3-1-4-10-20)18-16-21-11-5-2-6-12-21/h1-18H,19H2/b17-15+,18-16+. The minimum Gasteiger partial charge on any atom is -0.390 e. The van der Waals surface area contributed by atoms with Crippen LogP contribution in [0, 0.1) is 0 Å². The summed E-state index contributed by atoms with van der Waals surface area (Å²) in [6.45, 7) is 0.406. The third kappa shape index (κ3) is 6.39. The lowest BCUT2D eigenvalue weighted by Gasteiger charge is -2.03. The van der Waals surface area contributed by atoms with E-state index in [2.05, 4.69) is 45.4 Å². The van der Waals surface area contributed by atoms with Crippen molar-refractivity contribution in [1.82, 2.24) is 0 Å². The maximum atomic E-state index is 5.59. The molecule has 134 valence electrons. The number of benzene rings is 3. The maximum Gasteiger partial charge on any atom is 0.143 e. The number of rotatable bonds is 7. The quantitative estimate of drug-likeness (QED) is 0.307. The molecule has 0 saturated heterocycles. The molecule has 0 aliphatic rings. The van der Waals surface area contributed by atoms with Crippen molar-refractivity contribution in [2.45, 2.75) is 6.61 Å². The first-order chi connectivity index (χ1) is 13.3. The van der Waals surface area contributed by atoms with E-state index in [0.717, 1.165) is 26.9 Å². The van der Waals surface area contributed by atoms with Gasteiger partial charge in [0, 0.05) is 10.0 Å². The zero-order chi connectivity index (χ0) is 18.7. The van der Waals surface area contributed by atoms with E-state index >= 15 is 0 Å². The van der Waals surface area contributed by atoms with Crippen LogP contribution in [0.1, 0.15) is 16.7 Å². The van der Waals surface area contributed by atoms with Gasteiger partial charge >= 0.3 is 0 Å². The molecule has 0 aromatic heterocycles. The second-order valence-electron chi connectivity index (χ2n) is 5.87. The third-order valence-corrected chi connectivity index (χ3v) is 4.61. The molecule has 0 aliphatic heterocycles. The SMILES string of the molecule is Brc1ccccc1CON=C(/C=C/c1ccccc1)/C=C/c1ccccc1. The Kier molecular flexibility index (Phi) is 7.19. The van der Waals surface area contributed by atoms with Gasteiger partial charge in [-0.15, -0.1) is 0 Å². The first kappa shape index (κ1) is 18.9. The summed E-state index contributed by atoms with van der Waals surface area (Å²) in [4.78, 5) is 5.59. The molecule has 3 aromatic rings. The zero-order valence-electron chi connectivity index (χ0n) is 14.8. The molecular formula is C24H20BrNO. The van der Waals surface area contributed by atoms with Crippen LogP contribution in [0.5, 0.6) is 0 Å². The van der Waals surface area contributed by atoms with Gasteiger partial charge in [0.2, 0.25) is 0 Å². The minimum atomic E-state index is 0.406. The molecule has 3 heteroatoms. The van der Waals surface area contributed by atoms with E-state index in [-0.39, 0.29) is 0 Å². The van der Waals surface area contributed by atoms with E-state index < -0.39 is 0 Å². The molecule has 0 bridgehead atoms. The highest BCUT2D eigenvalue weighted by molar-refractivity contribution is 9.10. The van der Waals surface area contributed by atoms with Crippen LogP contribution in [0.2, 0.25) is 0 Å². The van der Waals surface area contributed by atoms with Crippen molar-refractivity contribution in [3.63, 3.8) is 0 Å². The molecular weight excluding hydrogens is 398 g/mol. The Morgan fingerprint density at radius 1 is 0.741 bits per heavy atom. The Hall–Kier alpha value is -2.91. The Bertz CT molecular complexity index is 879. The monoisotopic (exact) mass is 417 g/mol. The van der Waals surface area contributed by atoms with Crippen molar-refractivity contribution in [3.05, 3.63) is 118 Å². The van der Waals surface area contributed by atoms with Gasteiger partial charge in [-0.1, -0.05) is 112 Å². The van der Waals surface area contributed by atoms with E-state index in [9.17, 15) is 0 Å². The fourth-order valence-electron chi connectivity index (χ4n) is 2.40. The molecule has 3 aromatic carbocycles. The highest BCUT2D eigenvalue weighted by Gasteiger charge is 1.99. The molecule has 0 saturated carbocycles. The van der Waals surface area contributed by atoms with Crippen LogP contribution in [-0.2, 0) is 11.4 Å². The second kappa shape index (κ2) is 10.3. The number of allylic oxidation sites excluding steroid dienone is 2. The summed E-state index contributed by atoms with van der Waals surface area (Å²) in [5.74, 6) is 0. The lowest BCUT2D eigenvalue weighted by atomic mass is 10.1. The molecule has 0 heterocycles. The van der Waals surface area contributed by atoms with Crippen LogP contribution in [0.4, 0.5) is 0 Å². The lowest BCUT2D eigenvalue weighted by Crippen LogP contribution is -1.93. The molecule has 3 rings (SSSR count). The topological polar surface area (TPSA) is 21.6 Å². The first-order valence-electron chi connectivity index (χ1n) is 8.71. The van der Waals surface area contributed by atoms with Crippen molar-refractivity contribution >= 4 is 33.8 Å². The average molecular weight is 418 g/mol. The largest absolute Gasteiger partial charge is 0.390 e. The fourth-order valence-corrected chi connectivity index (χ4v) is 2.80. The van der Waals surface area contributed by atoms with Crippen molar-refractivity contribution in [2.24, 2.45) is 5.16 Å². The molecule has 0 N–H and O–H groups in total. The number of oxime groups is 1. The van der Waals surface area contributed by atoms with Crippen LogP contribution in [-0.4, -0.2) is 5.71 Å². The van der Waals surface area contributed by atoms with E-state index in [1.165, 1.54) is 0 Å². The van der Waals surface area contributed by atoms with Gasteiger partial charge < -0.3 is 4.84 Å². The smallest absolute Gasteiger partial charge is 0.143 e. The van der Waals surface area contributed by atoms with Gasteiger partial charge in [-0.3, -0.25) is 0 Å². The van der Waals surface area contributed by atoms with Gasteiger partial charge in [-0.05, 0) is 29.3 Å². The van der Waals surface area contributed by atoms with Crippen LogP contribution >= 0.6 is 15.9 Å². The van der Waals surface area contributed by atoms with Crippen LogP contribution in [0.25, 0.3) is 12.2 Å². The number of hydrogen-bond acceptors (Lipinski definition) is 2. The summed E-state index contributed by atoms with van der Waals surface area (Å²) < 4.78 is 1.02. The van der Waals surface area contributed by atoms with Crippen molar-refractivity contribution < 1.29 is 4.84 Å². The summed E-state index contributed by atoms with van der Waals surface area (Å²) in [6, 6.07) is 28.2. The molecule has 2 nitrogen and oxygen atoms in total. The van der Waals surface area contributed by atoms with E-state index in [1.807, 2.05) is 85.0 Å². The highest BCUT2D eigenvalue weighted by atomic mass is 79.9. The Labute approximate surface area is 168 Å². The maximum absolute atomic E-state index is 5.59. The van der Waals surface area contributed by atoms with Crippen LogP contribution in [0.15, 0.2) is 107 Å². The van der Waals surface area contributed by atoms with Gasteiger partial charge in [0.25, 0.3) is 0 Å². The molecule has 0 fully saturated rings. The van der Waals surface area contributed by atoms with Crippen LogP contribution < -0.4 is 0 Å². The van der Waals surface area contributed by atoms with Gasteiger partial charge in [0.15, 0.2) is 0 Å². The highest BCUT2D eigenvalue weighted by Crippen LogP contribution is 2.16.